The van der Waals surface area contributed by atoms with Crippen molar-refractivity contribution < 1.29 is 19.1 Å². The van der Waals surface area contributed by atoms with E-state index in [0.29, 0.717) is 17.9 Å². The molecule has 4 aromatic rings. The van der Waals surface area contributed by atoms with Gasteiger partial charge in [0.25, 0.3) is 5.91 Å². The number of rotatable bonds is 5. The van der Waals surface area contributed by atoms with E-state index < -0.39 is 18.0 Å². The number of amides is 4. The Morgan fingerprint density at radius 2 is 1.69 bits per heavy atom. The van der Waals surface area contributed by atoms with Crippen molar-refractivity contribution in [1.82, 2.24) is 15.2 Å². The molecule has 3 heterocycles. The van der Waals surface area contributed by atoms with E-state index in [1.807, 2.05) is 85.1 Å². The summed E-state index contributed by atoms with van der Waals surface area (Å²) in [5.74, 6) is -0.167. The third-order valence-corrected chi connectivity index (χ3v) is 6.79. The fraction of sp³-hybridized carbons (Fsp3) is 0.179. The molecule has 0 spiro atoms. The lowest BCUT2D eigenvalue weighted by Crippen LogP contribution is -2.47. The van der Waals surface area contributed by atoms with Crippen molar-refractivity contribution in [2.75, 3.05) is 18.1 Å². The van der Waals surface area contributed by atoms with Gasteiger partial charge in [0.05, 0.1) is 11.7 Å². The second-order valence-corrected chi connectivity index (χ2v) is 8.96. The lowest BCUT2D eigenvalue weighted by molar-refractivity contribution is -0.131. The topological polar surface area (TPSA) is 94.7 Å². The Hall–Kier alpha value is -4.59. The van der Waals surface area contributed by atoms with Crippen molar-refractivity contribution in [3.8, 4) is 5.75 Å². The van der Waals surface area contributed by atoms with Crippen LogP contribution >= 0.6 is 0 Å². The zero-order valence-electron chi connectivity index (χ0n) is 19.4. The number of fused-ring (bicyclic) bond motifs is 2. The Labute approximate surface area is 207 Å². The standard InChI is InChI=1S/C28H24N4O4/c33-26(32-23-12-6-7-13-25(23)36-17-24(32)18-8-2-1-3-9-18)16-31-27(34)22(30-28(31)35)14-19-15-29-21-11-5-4-10-20(19)21/h1-13,15,22,24,29H,14,16-17H2,(H,30,35)/t22-,24+/m1/s1. The zero-order valence-corrected chi connectivity index (χ0v) is 19.4. The predicted octanol–water partition coefficient (Wildman–Crippen LogP) is 3.80. The van der Waals surface area contributed by atoms with E-state index in [4.69, 9.17) is 4.74 Å². The number of ether oxygens (including phenoxy) is 1. The molecule has 8 nitrogen and oxygen atoms in total. The average Bonchev–Trinajstić information content (AvgIpc) is 3.44. The van der Waals surface area contributed by atoms with E-state index in [0.717, 1.165) is 26.9 Å². The number of nitrogens with zero attached hydrogens (tertiary/aromatic N) is 2. The molecule has 3 aromatic carbocycles. The van der Waals surface area contributed by atoms with Crippen molar-refractivity contribution in [2.45, 2.75) is 18.5 Å². The molecule has 36 heavy (non-hydrogen) atoms. The SMILES string of the molecule is O=C1N[C@H](Cc2c[nH]c3ccccc23)C(=O)N1CC(=O)N1c2ccccc2OC[C@H]1c1ccccc1. The summed E-state index contributed by atoms with van der Waals surface area (Å²) in [5.41, 5.74) is 3.43. The van der Waals surface area contributed by atoms with Gasteiger partial charge in [-0.1, -0.05) is 60.7 Å². The molecule has 2 aliphatic heterocycles. The molecular formula is C28H24N4O4. The molecule has 8 heteroatoms. The molecule has 1 fully saturated rings. The van der Waals surface area contributed by atoms with Crippen LogP contribution in [0.3, 0.4) is 0 Å². The van der Waals surface area contributed by atoms with Gasteiger partial charge in [0.2, 0.25) is 5.91 Å². The predicted molar refractivity (Wildman–Crippen MR) is 135 cm³/mol. The minimum absolute atomic E-state index is 0.274. The summed E-state index contributed by atoms with van der Waals surface area (Å²) in [5, 5.41) is 3.76. The molecule has 0 aliphatic carbocycles. The molecule has 4 amide bonds. The number of hydrogen-bond acceptors (Lipinski definition) is 4. The normalized spacial score (nSPS) is 19.2. The van der Waals surface area contributed by atoms with Crippen LogP contribution in [0.25, 0.3) is 10.9 Å². The highest BCUT2D eigenvalue weighted by molar-refractivity contribution is 6.09. The molecular weight excluding hydrogens is 456 g/mol. The largest absolute Gasteiger partial charge is 0.489 e. The maximum absolute atomic E-state index is 13.7. The highest BCUT2D eigenvalue weighted by Crippen LogP contribution is 2.39. The van der Waals surface area contributed by atoms with Gasteiger partial charge in [-0.15, -0.1) is 0 Å². The first-order valence-corrected chi connectivity index (χ1v) is 11.9. The summed E-state index contributed by atoms with van der Waals surface area (Å²) in [6.45, 7) is -0.0805. The molecule has 0 radical (unpaired) electrons. The minimum Gasteiger partial charge on any atom is -0.489 e. The number of aromatic amines is 1. The van der Waals surface area contributed by atoms with Crippen LogP contribution in [0.2, 0.25) is 0 Å². The number of anilines is 1. The highest BCUT2D eigenvalue weighted by atomic mass is 16.5. The van der Waals surface area contributed by atoms with Crippen LogP contribution in [-0.2, 0) is 16.0 Å². The van der Waals surface area contributed by atoms with Crippen LogP contribution in [0.15, 0.2) is 85.1 Å². The number of urea groups is 1. The number of carbonyl (C=O) groups excluding carboxylic acids is 3. The quantitative estimate of drug-likeness (QED) is 0.425. The molecule has 2 N–H and O–H groups in total. The summed E-state index contributed by atoms with van der Waals surface area (Å²) in [6.07, 6.45) is 2.19. The molecule has 0 unspecified atom stereocenters. The lowest BCUT2D eigenvalue weighted by atomic mass is 10.0. The van der Waals surface area contributed by atoms with Gasteiger partial charge >= 0.3 is 6.03 Å². The number of para-hydroxylation sites is 3. The first-order chi connectivity index (χ1) is 17.6. The summed E-state index contributed by atoms with van der Waals surface area (Å²) >= 11 is 0. The second-order valence-electron chi connectivity index (χ2n) is 8.96. The van der Waals surface area contributed by atoms with Gasteiger partial charge in [0, 0.05) is 23.5 Å². The number of H-pyrrole nitrogens is 1. The summed E-state index contributed by atoms with van der Waals surface area (Å²) in [6, 6.07) is 23.0. The van der Waals surface area contributed by atoms with Gasteiger partial charge in [-0.05, 0) is 29.3 Å². The van der Waals surface area contributed by atoms with Crippen molar-refractivity contribution in [1.29, 1.82) is 0 Å². The number of aromatic nitrogens is 1. The van der Waals surface area contributed by atoms with Crippen LogP contribution in [0.1, 0.15) is 17.2 Å². The monoisotopic (exact) mass is 480 g/mol. The van der Waals surface area contributed by atoms with Crippen molar-refractivity contribution in [3.05, 3.63) is 96.2 Å². The van der Waals surface area contributed by atoms with E-state index in [1.165, 1.54) is 0 Å². The Kier molecular flexibility index (Phi) is 5.41. The first-order valence-electron chi connectivity index (χ1n) is 11.9. The molecule has 6 rings (SSSR count). The van der Waals surface area contributed by atoms with Gasteiger partial charge in [0.1, 0.15) is 24.9 Å². The lowest BCUT2D eigenvalue weighted by Gasteiger charge is -2.37. The number of imide groups is 1. The third kappa shape index (κ3) is 3.76. The number of benzene rings is 3. The molecule has 0 saturated carbocycles. The van der Waals surface area contributed by atoms with E-state index in [9.17, 15) is 14.4 Å². The molecule has 1 saturated heterocycles. The minimum atomic E-state index is -0.730. The summed E-state index contributed by atoms with van der Waals surface area (Å²) in [4.78, 5) is 45.6. The molecule has 1 aromatic heterocycles. The van der Waals surface area contributed by atoms with Gasteiger partial charge in [0.15, 0.2) is 0 Å². The number of nitrogens with one attached hydrogen (secondary N) is 2. The second kappa shape index (κ2) is 8.88. The fourth-order valence-electron chi connectivity index (χ4n) is 5.01. The van der Waals surface area contributed by atoms with Gasteiger partial charge < -0.3 is 15.0 Å². The van der Waals surface area contributed by atoms with E-state index in [1.54, 1.807) is 4.90 Å². The highest BCUT2D eigenvalue weighted by Gasteiger charge is 2.42. The van der Waals surface area contributed by atoms with E-state index >= 15 is 0 Å². The van der Waals surface area contributed by atoms with E-state index in [-0.39, 0.29) is 25.1 Å². The molecule has 2 atom stereocenters. The number of hydrogen-bond donors (Lipinski definition) is 2. The summed E-state index contributed by atoms with van der Waals surface area (Å²) < 4.78 is 5.94. The maximum Gasteiger partial charge on any atom is 0.325 e. The van der Waals surface area contributed by atoms with Gasteiger partial charge in [-0.2, -0.15) is 0 Å². The Balaban J connectivity index is 1.25. The average molecular weight is 481 g/mol. The van der Waals surface area contributed by atoms with Crippen LogP contribution in [0.4, 0.5) is 10.5 Å². The zero-order chi connectivity index (χ0) is 24.6. The van der Waals surface area contributed by atoms with Crippen LogP contribution in [-0.4, -0.2) is 46.9 Å². The van der Waals surface area contributed by atoms with Crippen molar-refractivity contribution in [3.63, 3.8) is 0 Å². The first kappa shape index (κ1) is 21.9. The van der Waals surface area contributed by atoms with Crippen LogP contribution < -0.4 is 15.0 Å². The fourth-order valence-corrected chi connectivity index (χ4v) is 5.01. The maximum atomic E-state index is 13.7. The van der Waals surface area contributed by atoms with Crippen LogP contribution in [0, 0.1) is 0 Å². The van der Waals surface area contributed by atoms with Gasteiger partial charge in [-0.25, -0.2) is 4.79 Å². The van der Waals surface area contributed by atoms with E-state index in [2.05, 4.69) is 10.3 Å². The van der Waals surface area contributed by atoms with Crippen molar-refractivity contribution in [2.24, 2.45) is 0 Å². The Bertz CT molecular complexity index is 1460. The number of carbonyl (C=O) groups is 3. The Morgan fingerprint density at radius 3 is 2.56 bits per heavy atom. The van der Waals surface area contributed by atoms with Crippen molar-refractivity contribution >= 4 is 34.4 Å². The Morgan fingerprint density at radius 1 is 0.944 bits per heavy atom. The summed E-state index contributed by atoms with van der Waals surface area (Å²) in [7, 11) is 0. The molecule has 2 aliphatic rings. The van der Waals surface area contributed by atoms with Gasteiger partial charge in [-0.3, -0.25) is 19.4 Å². The smallest absolute Gasteiger partial charge is 0.325 e. The molecule has 0 bridgehead atoms. The van der Waals surface area contributed by atoms with Crippen LogP contribution in [0.5, 0.6) is 5.75 Å². The third-order valence-electron chi connectivity index (χ3n) is 6.79. The molecule has 180 valence electrons.